The summed E-state index contributed by atoms with van der Waals surface area (Å²) in [5.74, 6) is 2.97. The van der Waals surface area contributed by atoms with Gasteiger partial charge in [0.05, 0.1) is 17.2 Å². The number of rotatable bonds is 11. The van der Waals surface area contributed by atoms with E-state index >= 15 is 0 Å². The molecule has 2 aliphatic carbocycles. The maximum atomic E-state index is 12.8. The average Bonchev–Trinajstić information content (AvgIpc) is 2.75. The molecule has 2 amide bonds. The molecule has 31 heavy (non-hydrogen) atoms. The van der Waals surface area contributed by atoms with Crippen molar-refractivity contribution in [1.29, 1.82) is 0 Å². The Morgan fingerprint density at radius 2 is 1.97 bits per heavy atom. The van der Waals surface area contributed by atoms with Crippen LogP contribution in [0.1, 0.15) is 61.7 Å². The van der Waals surface area contributed by atoms with E-state index in [1.165, 1.54) is 44.9 Å². The molecule has 0 saturated heterocycles. The number of carbonyl (C=O) groups is 2. The van der Waals surface area contributed by atoms with Gasteiger partial charge in [-0.25, -0.2) is 4.79 Å². The molecule has 3 rings (SSSR count). The third kappa shape index (κ3) is 7.49. The van der Waals surface area contributed by atoms with E-state index in [1.54, 1.807) is 30.0 Å². The van der Waals surface area contributed by atoms with Crippen LogP contribution in [0.15, 0.2) is 18.2 Å². The molecule has 6 nitrogen and oxygen atoms in total. The first-order valence-electron chi connectivity index (χ1n) is 11.2. The van der Waals surface area contributed by atoms with E-state index in [1.807, 2.05) is 0 Å². The van der Waals surface area contributed by atoms with Gasteiger partial charge in [0.15, 0.2) is 0 Å². The van der Waals surface area contributed by atoms with Crippen LogP contribution in [0.25, 0.3) is 0 Å². The number of carbonyl (C=O) groups excluding carboxylic acids is 1. The van der Waals surface area contributed by atoms with Gasteiger partial charge < -0.3 is 20.5 Å². The van der Waals surface area contributed by atoms with Crippen LogP contribution < -0.4 is 15.4 Å². The summed E-state index contributed by atoms with van der Waals surface area (Å²) < 4.78 is 5.79. The topological polar surface area (TPSA) is 87.7 Å². The lowest BCUT2D eigenvalue weighted by Crippen LogP contribution is -2.43. The fraction of sp³-hybridized carbons (Fsp3) is 0.652. The molecule has 0 heterocycles. The SMILES string of the molecule is O=C(O)NCCSCCCOc1ccc(Cl)c(C(=O)NCC23CCCC(CCC2)C3)c1. The van der Waals surface area contributed by atoms with Crippen molar-refractivity contribution in [3.8, 4) is 5.75 Å². The maximum absolute atomic E-state index is 12.8. The van der Waals surface area contributed by atoms with Crippen LogP contribution in [0.4, 0.5) is 4.79 Å². The van der Waals surface area contributed by atoms with Gasteiger partial charge in [0.25, 0.3) is 5.91 Å². The molecule has 0 spiro atoms. The van der Waals surface area contributed by atoms with Crippen LogP contribution in [0.5, 0.6) is 5.75 Å². The molecule has 2 aliphatic rings. The van der Waals surface area contributed by atoms with Crippen molar-refractivity contribution in [2.75, 3.05) is 31.2 Å². The monoisotopic (exact) mass is 468 g/mol. The lowest BCUT2D eigenvalue weighted by atomic mass is 9.62. The fourth-order valence-corrected chi connectivity index (χ4v) is 5.86. The fourth-order valence-electron chi connectivity index (χ4n) is 4.88. The lowest BCUT2D eigenvalue weighted by molar-refractivity contribution is 0.0681. The van der Waals surface area contributed by atoms with Crippen LogP contribution in [-0.4, -0.2) is 48.3 Å². The summed E-state index contributed by atoms with van der Waals surface area (Å²) in [5.41, 5.74) is 0.738. The zero-order chi connectivity index (χ0) is 22.1. The molecule has 172 valence electrons. The first-order valence-corrected chi connectivity index (χ1v) is 12.8. The molecule has 3 N–H and O–H groups in total. The first kappa shape index (κ1) is 24.1. The summed E-state index contributed by atoms with van der Waals surface area (Å²) >= 11 is 7.98. The quantitative estimate of drug-likeness (QED) is 0.388. The molecule has 8 heteroatoms. The number of hydrogen-bond donors (Lipinski definition) is 3. The number of nitrogens with one attached hydrogen (secondary N) is 2. The molecule has 0 aliphatic heterocycles. The van der Waals surface area contributed by atoms with Crippen LogP contribution >= 0.6 is 23.4 Å². The first-order chi connectivity index (χ1) is 15.0. The number of hydrogen-bond acceptors (Lipinski definition) is 4. The normalized spacial score (nSPS) is 22.5. The Labute approximate surface area is 193 Å². The van der Waals surface area contributed by atoms with E-state index in [9.17, 15) is 9.59 Å². The van der Waals surface area contributed by atoms with Crippen LogP contribution in [-0.2, 0) is 0 Å². The molecule has 1 aromatic carbocycles. The van der Waals surface area contributed by atoms with Gasteiger partial charge in [-0.2, -0.15) is 11.8 Å². The Morgan fingerprint density at radius 1 is 1.19 bits per heavy atom. The van der Waals surface area contributed by atoms with E-state index < -0.39 is 6.09 Å². The van der Waals surface area contributed by atoms with Gasteiger partial charge in [0.1, 0.15) is 5.75 Å². The average molecular weight is 469 g/mol. The van der Waals surface area contributed by atoms with E-state index in [2.05, 4.69) is 10.6 Å². The lowest BCUT2D eigenvalue weighted by Gasteiger charge is -2.45. The molecule has 0 radical (unpaired) electrons. The minimum Gasteiger partial charge on any atom is -0.494 e. The van der Waals surface area contributed by atoms with E-state index in [4.69, 9.17) is 21.4 Å². The van der Waals surface area contributed by atoms with Crippen LogP contribution in [0.2, 0.25) is 5.02 Å². The Morgan fingerprint density at radius 3 is 2.71 bits per heavy atom. The highest BCUT2D eigenvalue weighted by molar-refractivity contribution is 7.99. The predicted octanol–water partition coefficient (Wildman–Crippen LogP) is 5.20. The third-order valence-corrected chi connectivity index (χ3v) is 7.79. The van der Waals surface area contributed by atoms with Crippen molar-refractivity contribution in [2.45, 2.75) is 51.4 Å². The summed E-state index contributed by atoms with van der Waals surface area (Å²) in [4.78, 5) is 23.2. The highest BCUT2D eigenvalue weighted by Crippen LogP contribution is 2.48. The standard InChI is InChI=1S/C23H33ClN2O4S/c24-20-7-6-18(30-11-3-12-31-13-10-25-22(28)29)14-19(20)21(27)26-16-23-8-1-4-17(15-23)5-2-9-23/h6-7,14,17,25H,1-5,8-13,15-16H2,(H,26,27)(H,28,29). The molecule has 0 aromatic heterocycles. The number of benzene rings is 1. The molecular weight excluding hydrogens is 436 g/mol. The van der Waals surface area contributed by atoms with Gasteiger partial charge in [0, 0.05) is 18.8 Å². The summed E-state index contributed by atoms with van der Waals surface area (Å²) in [7, 11) is 0. The number of carboxylic acid groups (broad SMARTS) is 1. The zero-order valence-corrected chi connectivity index (χ0v) is 19.5. The molecule has 0 atom stereocenters. The number of ether oxygens (including phenoxy) is 1. The van der Waals surface area contributed by atoms with Gasteiger partial charge >= 0.3 is 6.09 Å². The van der Waals surface area contributed by atoms with E-state index in [0.717, 1.165) is 30.4 Å². The van der Waals surface area contributed by atoms with Crippen molar-refractivity contribution in [1.82, 2.24) is 10.6 Å². The number of thioether (sulfide) groups is 1. The second-order valence-corrected chi connectivity index (χ2v) is 10.4. The second-order valence-electron chi connectivity index (χ2n) is 8.73. The van der Waals surface area contributed by atoms with Gasteiger partial charge in [-0.3, -0.25) is 4.79 Å². The predicted molar refractivity (Wildman–Crippen MR) is 125 cm³/mol. The minimum absolute atomic E-state index is 0.126. The Bertz CT molecular complexity index is 751. The summed E-state index contributed by atoms with van der Waals surface area (Å²) in [5, 5.41) is 14.5. The number of fused-ring (bicyclic) bond motifs is 2. The van der Waals surface area contributed by atoms with Crippen molar-refractivity contribution >= 4 is 35.4 Å². The van der Waals surface area contributed by atoms with Gasteiger partial charge in [0.2, 0.25) is 0 Å². The Kier molecular flexibility index (Phi) is 9.20. The molecule has 0 unspecified atom stereocenters. The Hall–Kier alpha value is -1.60. The minimum atomic E-state index is -0.993. The van der Waals surface area contributed by atoms with Crippen molar-refractivity contribution in [3.63, 3.8) is 0 Å². The third-order valence-electron chi connectivity index (χ3n) is 6.39. The number of halogens is 1. The highest BCUT2D eigenvalue weighted by Gasteiger charge is 2.39. The van der Waals surface area contributed by atoms with Crippen LogP contribution in [0.3, 0.4) is 0 Å². The summed E-state index contributed by atoms with van der Waals surface area (Å²) in [6.07, 6.45) is 8.76. The maximum Gasteiger partial charge on any atom is 0.404 e. The summed E-state index contributed by atoms with van der Waals surface area (Å²) in [6, 6.07) is 5.23. The zero-order valence-electron chi connectivity index (χ0n) is 18.0. The largest absolute Gasteiger partial charge is 0.494 e. The molecule has 2 bridgehead atoms. The van der Waals surface area contributed by atoms with Gasteiger partial charge in [-0.15, -0.1) is 0 Å². The smallest absolute Gasteiger partial charge is 0.404 e. The number of amides is 2. The molecular formula is C23H33ClN2O4S. The Balaban J connectivity index is 1.42. The highest BCUT2D eigenvalue weighted by atomic mass is 35.5. The van der Waals surface area contributed by atoms with Crippen LogP contribution in [0, 0.1) is 11.3 Å². The van der Waals surface area contributed by atoms with Crippen molar-refractivity contribution < 1.29 is 19.4 Å². The molecule has 2 saturated carbocycles. The van der Waals surface area contributed by atoms with E-state index in [0.29, 0.717) is 29.5 Å². The van der Waals surface area contributed by atoms with Gasteiger partial charge in [-0.1, -0.05) is 37.3 Å². The van der Waals surface area contributed by atoms with Crippen molar-refractivity contribution in [3.05, 3.63) is 28.8 Å². The summed E-state index contributed by atoms with van der Waals surface area (Å²) in [6.45, 7) is 1.71. The molecule has 1 aromatic rings. The van der Waals surface area contributed by atoms with Crippen molar-refractivity contribution in [2.24, 2.45) is 11.3 Å². The molecule has 2 fully saturated rings. The second kappa shape index (κ2) is 11.9. The van der Waals surface area contributed by atoms with E-state index in [-0.39, 0.29) is 11.3 Å². The van der Waals surface area contributed by atoms with Gasteiger partial charge in [-0.05, 0) is 61.0 Å².